The average molecular weight is 388 g/mol. The largest absolute Gasteiger partial charge is 0.390 e. The van der Waals surface area contributed by atoms with Gasteiger partial charge < -0.3 is 10.2 Å². The Bertz CT molecular complexity index is 893. The zero-order chi connectivity index (χ0) is 20.5. The molecule has 1 unspecified atom stereocenters. The first-order valence-corrected chi connectivity index (χ1v) is 10.4. The van der Waals surface area contributed by atoms with Gasteiger partial charge in [-0.1, -0.05) is 25.5 Å². The molecule has 5 rings (SSSR count). The highest BCUT2D eigenvalue weighted by Crippen LogP contribution is 2.92. The zero-order valence-electron chi connectivity index (χ0n) is 17.0. The molecule has 0 aromatic carbocycles. The Morgan fingerprint density at radius 2 is 1.89 bits per heavy atom. The van der Waals surface area contributed by atoms with Gasteiger partial charge in [0, 0.05) is 16.2 Å². The van der Waals surface area contributed by atoms with E-state index in [0.717, 1.165) is 5.57 Å². The van der Waals surface area contributed by atoms with Crippen LogP contribution in [-0.2, 0) is 9.59 Å². The first-order chi connectivity index (χ1) is 12.9. The third-order valence-electron chi connectivity index (χ3n) is 10.0. The van der Waals surface area contributed by atoms with Crippen molar-refractivity contribution < 1.29 is 24.2 Å². The molecule has 0 aliphatic heterocycles. The molecule has 4 nitrogen and oxygen atoms in total. The number of rotatable bonds is 1. The van der Waals surface area contributed by atoms with E-state index in [1.165, 1.54) is 13.0 Å². The Kier molecular flexibility index (Phi) is 3.13. The van der Waals surface area contributed by atoms with Gasteiger partial charge in [-0.3, -0.25) is 9.59 Å². The molecular weight excluding hydrogens is 359 g/mol. The Balaban J connectivity index is 1.73. The van der Waals surface area contributed by atoms with E-state index in [2.05, 4.69) is 0 Å². The van der Waals surface area contributed by atoms with Crippen molar-refractivity contribution in [2.75, 3.05) is 0 Å². The van der Waals surface area contributed by atoms with E-state index in [9.17, 15) is 19.8 Å². The Hall–Kier alpha value is -1.33. The third kappa shape index (κ3) is 1.48. The maximum absolute atomic E-state index is 17.3. The number of allylic oxidation sites excluding steroid dienone is 4. The summed E-state index contributed by atoms with van der Waals surface area (Å²) in [6.45, 7) is 7.13. The van der Waals surface area contributed by atoms with Crippen LogP contribution in [0.5, 0.6) is 0 Å². The molecule has 5 aliphatic rings. The fourth-order valence-electron chi connectivity index (χ4n) is 8.69. The van der Waals surface area contributed by atoms with Crippen molar-refractivity contribution in [1.29, 1.82) is 0 Å². The van der Waals surface area contributed by atoms with Crippen molar-refractivity contribution >= 4 is 11.6 Å². The van der Waals surface area contributed by atoms with Gasteiger partial charge in [-0.15, -0.1) is 0 Å². The number of aliphatic hydroxyl groups is 2. The SMILES string of the molecule is CC(=O)[C@@]1(O)CCC23C[C@@]24C[C@@H](C)C2=CC(=O)C=C[C@]2(C)[C@@]4(F)[C@@H](O)C[C@]31C. The van der Waals surface area contributed by atoms with Crippen LogP contribution in [0.1, 0.15) is 59.8 Å². The predicted octanol–water partition coefficient (Wildman–Crippen LogP) is 3.07. The molecule has 4 fully saturated rings. The molecule has 5 heteroatoms. The first kappa shape index (κ1) is 18.7. The Labute approximate surface area is 164 Å². The minimum atomic E-state index is -1.92. The van der Waals surface area contributed by atoms with Crippen LogP contribution in [0.15, 0.2) is 23.8 Å². The fraction of sp³-hybridized carbons (Fsp3) is 0.739. The van der Waals surface area contributed by atoms with E-state index in [4.69, 9.17) is 0 Å². The fourth-order valence-corrected chi connectivity index (χ4v) is 8.69. The molecule has 152 valence electrons. The summed E-state index contributed by atoms with van der Waals surface area (Å²) in [6, 6.07) is 0. The number of alkyl halides is 1. The summed E-state index contributed by atoms with van der Waals surface area (Å²) < 4.78 is 17.3. The van der Waals surface area contributed by atoms with Crippen molar-refractivity contribution in [3.05, 3.63) is 23.8 Å². The Morgan fingerprint density at radius 1 is 1.21 bits per heavy atom. The van der Waals surface area contributed by atoms with E-state index in [1.54, 1.807) is 12.2 Å². The quantitative estimate of drug-likeness (QED) is 0.724. The number of halogens is 1. The number of aliphatic hydroxyl groups excluding tert-OH is 1. The second-order valence-corrected chi connectivity index (χ2v) is 10.7. The van der Waals surface area contributed by atoms with Crippen LogP contribution in [-0.4, -0.2) is 39.2 Å². The average Bonchev–Trinajstić information content (AvgIpc) is 3.23. The van der Waals surface area contributed by atoms with E-state index < -0.39 is 39.0 Å². The number of hydrogen-bond donors (Lipinski definition) is 2. The molecule has 2 N–H and O–H groups in total. The summed E-state index contributed by atoms with van der Waals surface area (Å²) in [5.41, 5.74) is -5.85. The van der Waals surface area contributed by atoms with Gasteiger partial charge in [0.1, 0.15) is 5.60 Å². The molecule has 0 radical (unpaired) electrons. The highest BCUT2D eigenvalue weighted by molar-refractivity contribution is 6.01. The monoisotopic (exact) mass is 388 g/mol. The molecule has 8 atom stereocenters. The van der Waals surface area contributed by atoms with Gasteiger partial charge in [-0.25, -0.2) is 4.39 Å². The van der Waals surface area contributed by atoms with Gasteiger partial charge in [0.2, 0.25) is 0 Å². The van der Waals surface area contributed by atoms with Crippen LogP contribution >= 0.6 is 0 Å². The lowest BCUT2D eigenvalue weighted by atomic mass is 9.43. The van der Waals surface area contributed by atoms with Gasteiger partial charge in [-0.05, 0) is 69.4 Å². The number of Topliss-reactive ketones (excluding diaryl/α,β-unsaturated/α-hetero) is 1. The summed E-state index contributed by atoms with van der Waals surface area (Å²) in [5, 5.41) is 22.6. The van der Waals surface area contributed by atoms with Crippen LogP contribution in [0.3, 0.4) is 0 Å². The smallest absolute Gasteiger partial charge is 0.178 e. The third-order valence-corrected chi connectivity index (χ3v) is 10.0. The van der Waals surface area contributed by atoms with Crippen molar-refractivity contribution in [3.8, 4) is 0 Å². The van der Waals surface area contributed by atoms with E-state index in [0.29, 0.717) is 25.7 Å². The standard InChI is InChI=1S/C23H29FO4/c1-13-10-21-12-20(21)7-8-22(28,14(2)25)19(20,4)11-17(27)23(21,24)18(3)6-5-15(26)9-16(13)18/h5-6,9,13,17,27-28H,7-8,10-12H2,1-4H3/t13-,17+,18+,19-,20?,21+,22+,23+/m1/s1. The number of fused-ring (bicyclic) bond motifs is 2. The second kappa shape index (κ2) is 4.70. The summed E-state index contributed by atoms with van der Waals surface area (Å²) >= 11 is 0. The van der Waals surface area contributed by atoms with Crippen molar-refractivity contribution in [3.63, 3.8) is 0 Å². The molecule has 5 aliphatic carbocycles. The second-order valence-electron chi connectivity index (χ2n) is 10.7. The van der Waals surface area contributed by atoms with Crippen molar-refractivity contribution in [2.24, 2.45) is 27.6 Å². The number of hydrogen-bond acceptors (Lipinski definition) is 4. The molecule has 4 saturated carbocycles. The first-order valence-electron chi connectivity index (χ1n) is 10.4. The van der Waals surface area contributed by atoms with Crippen LogP contribution in [0.25, 0.3) is 0 Å². The Morgan fingerprint density at radius 3 is 2.54 bits per heavy atom. The molecule has 0 bridgehead atoms. The molecule has 2 spiro atoms. The van der Waals surface area contributed by atoms with E-state index in [1.807, 2.05) is 20.8 Å². The van der Waals surface area contributed by atoms with Crippen LogP contribution in [0, 0.1) is 27.6 Å². The highest BCUT2D eigenvalue weighted by atomic mass is 19.1. The lowest BCUT2D eigenvalue weighted by Gasteiger charge is -2.63. The van der Waals surface area contributed by atoms with Gasteiger partial charge in [-0.2, -0.15) is 0 Å². The minimum absolute atomic E-state index is 0.00252. The summed E-state index contributed by atoms with van der Waals surface area (Å²) in [7, 11) is 0. The molecule has 0 heterocycles. The number of carbonyl (C=O) groups is 2. The molecule has 0 saturated heterocycles. The van der Waals surface area contributed by atoms with E-state index >= 15 is 4.39 Å². The zero-order valence-corrected chi connectivity index (χ0v) is 17.0. The molecule has 28 heavy (non-hydrogen) atoms. The summed E-state index contributed by atoms with van der Waals surface area (Å²) in [6.07, 6.45) is 5.42. The maximum atomic E-state index is 17.3. The summed E-state index contributed by atoms with van der Waals surface area (Å²) in [5.74, 6) is -0.416. The molecule has 0 amide bonds. The maximum Gasteiger partial charge on any atom is 0.178 e. The van der Waals surface area contributed by atoms with Gasteiger partial charge in [0.25, 0.3) is 0 Å². The van der Waals surface area contributed by atoms with Crippen LogP contribution < -0.4 is 0 Å². The van der Waals surface area contributed by atoms with Crippen molar-refractivity contribution in [2.45, 2.75) is 77.2 Å². The van der Waals surface area contributed by atoms with Gasteiger partial charge >= 0.3 is 0 Å². The number of carbonyl (C=O) groups excluding carboxylic acids is 2. The molecular formula is C23H29FO4. The van der Waals surface area contributed by atoms with Gasteiger partial charge in [0.05, 0.1) is 6.10 Å². The highest BCUT2D eigenvalue weighted by Gasteiger charge is 2.93. The lowest BCUT2D eigenvalue weighted by molar-refractivity contribution is -0.220. The van der Waals surface area contributed by atoms with Crippen molar-refractivity contribution in [1.82, 2.24) is 0 Å². The minimum Gasteiger partial charge on any atom is -0.390 e. The van der Waals surface area contributed by atoms with Crippen LogP contribution in [0.4, 0.5) is 4.39 Å². The predicted molar refractivity (Wildman–Crippen MR) is 101 cm³/mol. The topological polar surface area (TPSA) is 74.6 Å². The molecule has 0 aromatic heterocycles. The van der Waals surface area contributed by atoms with Crippen LogP contribution in [0.2, 0.25) is 0 Å². The summed E-state index contributed by atoms with van der Waals surface area (Å²) in [4.78, 5) is 24.5. The number of ketones is 2. The molecule has 0 aromatic rings. The normalized spacial score (nSPS) is 59.0. The van der Waals surface area contributed by atoms with Gasteiger partial charge in [0.15, 0.2) is 17.2 Å². The lowest BCUT2D eigenvalue weighted by Crippen LogP contribution is -2.69. The van der Waals surface area contributed by atoms with E-state index in [-0.39, 0.29) is 23.9 Å².